The molecule has 0 bridgehead atoms. The molecule has 1 saturated heterocycles. The maximum Gasteiger partial charge on any atom is 0.323 e. The highest BCUT2D eigenvalue weighted by Gasteiger charge is 2.57. The first kappa shape index (κ1) is 16.9. The van der Waals surface area contributed by atoms with Crippen LogP contribution >= 0.6 is 0 Å². The molecule has 0 radical (unpaired) electrons. The summed E-state index contributed by atoms with van der Waals surface area (Å²) in [6, 6.07) is 0. The summed E-state index contributed by atoms with van der Waals surface area (Å²) in [6.07, 6.45) is -1.29. The second-order valence-corrected chi connectivity index (χ2v) is 7.05. The van der Waals surface area contributed by atoms with Gasteiger partial charge in [0.2, 0.25) is 0 Å². The van der Waals surface area contributed by atoms with Crippen molar-refractivity contribution in [2.75, 3.05) is 24.7 Å². The Hall–Kier alpha value is -1.15. The average molecular weight is 308 g/mol. The van der Waals surface area contributed by atoms with E-state index in [9.17, 15) is 23.1 Å². The van der Waals surface area contributed by atoms with Gasteiger partial charge in [0, 0.05) is 5.92 Å². The molecule has 0 aromatic rings. The van der Waals surface area contributed by atoms with Crippen LogP contribution in [0.15, 0.2) is 0 Å². The molecule has 0 aliphatic carbocycles. The van der Waals surface area contributed by atoms with Crippen molar-refractivity contribution in [1.29, 1.82) is 0 Å². The fourth-order valence-corrected chi connectivity index (χ4v) is 4.32. The van der Waals surface area contributed by atoms with Crippen molar-refractivity contribution in [1.82, 2.24) is 0 Å². The van der Waals surface area contributed by atoms with Gasteiger partial charge in [0.1, 0.15) is 0 Å². The minimum absolute atomic E-state index is 0.0450. The zero-order chi connectivity index (χ0) is 15.6. The molecule has 0 amide bonds. The summed E-state index contributed by atoms with van der Waals surface area (Å²) in [5, 5.41) is 9.90. The molecule has 1 fully saturated rings. The van der Waals surface area contributed by atoms with Crippen LogP contribution in [0, 0.1) is 11.3 Å². The quantitative estimate of drug-likeness (QED) is 0.540. The largest absolute Gasteiger partial charge is 0.465 e. The fourth-order valence-electron chi connectivity index (χ4n) is 2.33. The molecule has 1 heterocycles. The summed E-state index contributed by atoms with van der Waals surface area (Å²) >= 11 is 0. The molecular formula is C12H20O7S. The van der Waals surface area contributed by atoms with Crippen molar-refractivity contribution in [3.05, 3.63) is 0 Å². The lowest BCUT2D eigenvalue weighted by molar-refractivity contribution is -0.177. The Balaban J connectivity index is 3.17. The second kappa shape index (κ2) is 6.09. The summed E-state index contributed by atoms with van der Waals surface area (Å²) in [6.45, 7) is 4.50. The second-order valence-electron chi connectivity index (χ2n) is 4.89. The lowest BCUT2D eigenvalue weighted by atomic mass is 9.75. The molecule has 2 atom stereocenters. The Labute approximate surface area is 118 Å². The van der Waals surface area contributed by atoms with Crippen LogP contribution in [0.5, 0.6) is 0 Å². The number of carbonyl (C=O) groups is 2. The van der Waals surface area contributed by atoms with Gasteiger partial charge in [-0.1, -0.05) is 0 Å². The zero-order valence-electron chi connectivity index (χ0n) is 11.8. The summed E-state index contributed by atoms with van der Waals surface area (Å²) in [5.41, 5.74) is -1.82. The van der Waals surface area contributed by atoms with Crippen molar-refractivity contribution in [3.63, 3.8) is 0 Å². The molecule has 0 aromatic carbocycles. The summed E-state index contributed by atoms with van der Waals surface area (Å²) in [7, 11) is -3.49. The Morgan fingerprint density at radius 3 is 1.90 bits per heavy atom. The standard InChI is InChI=1S/C12H20O7S/c1-4-18-10(14)12(3,11(15)19-5-2)8-6-20(16,17)7-9(8)13/h8-9,13H,4-7H2,1-3H3. The maximum atomic E-state index is 12.1. The lowest BCUT2D eigenvalue weighted by Crippen LogP contribution is -2.49. The van der Waals surface area contributed by atoms with E-state index in [1.54, 1.807) is 13.8 Å². The van der Waals surface area contributed by atoms with Crippen LogP contribution in [-0.2, 0) is 28.9 Å². The first-order chi connectivity index (χ1) is 9.19. The van der Waals surface area contributed by atoms with E-state index in [1.807, 2.05) is 0 Å². The van der Waals surface area contributed by atoms with E-state index < -0.39 is 50.7 Å². The van der Waals surface area contributed by atoms with Crippen molar-refractivity contribution in [2.45, 2.75) is 26.9 Å². The minimum atomic E-state index is -3.49. The number of aliphatic hydroxyl groups is 1. The monoisotopic (exact) mass is 308 g/mol. The number of esters is 2. The van der Waals surface area contributed by atoms with Crippen LogP contribution < -0.4 is 0 Å². The molecule has 1 aliphatic heterocycles. The third-order valence-corrected chi connectivity index (χ3v) is 5.18. The molecule has 8 heteroatoms. The molecule has 1 rings (SSSR count). The number of ether oxygens (including phenoxy) is 2. The zero-order valence-corrected chi connectivity index (χ0v) is 12.6. The van der Waals surface area contributed by atoms with Crippen LogP contribution in [0.4, 0.5) is 0 Å². The Morgan fingerprint density at radius 1 is 1.15 bits per heavy atom. The summed E-state index contributed by atoms with van der Waals surface area (Å²) in [4.78, 5) is 24.2. The SMILES string of the molecule is CCOC(=O)C(C)(C(=O)OCC)C1CS(=O)(=O)CC1O. The number of carbonyl (C=O) groups excluding carboxylic acids is 2. The van der Waals surface area contributed by atoms with Gasteiger partial charge in [-0.15, -0.1) is 0 Å². The van der Waals surface area contributed by atoms with Gasteiger partial charge in [-0.25, -0.2) is 8.42 Å². The van der Waals surface area contributed by atoms with Gasteiger partial charge in [-0.05, 0) is 20.8 Å². The molecule has 2 unspecified atom stereocenters. The Morgan fingerprint density at radius 2 is 1.60 bits per heavy atom. The topological polar surface area (TPSA) is 107 Å². The molecule has 116 valence electrons. The normalized spacial score (nSPS) is 25.2. The first-order valence-electron chi connectivity index (χ1n) is 6.42. The van der Waals surface area contributed by atoms with Crippen LogP contribution in [0.1, 0.15) is 20.8 Å². The van der Waals surface area contributed by atoms with E-state index in [2.05, 4.69) is 0 Å². The maximum absolute atomic E-state index is 12.1. The number of sulfone groups is 1. The van der Waals surface area contributed by atoms with E-state index in [0.717, 1.165) is 0 Å². The number of rotatable bonds is 5. The van der Waals surface area contributed by atoms with Gasteiger partial charge in [-0.2, -0.15) is 0 Å². The van der Waals surface area contributed by atoms with Crippen molar-refractivity contribution >= 4 is 21.8 Å². The van der Waals surface area contributed by atoms with Gasteiger partial charge in [0.15, 0.2) is 15.3 Å². The van der Waals surface area contributed by atoms with Gasteiger partial charge in [0.25, 0.3) is 0 Å². The molecule has 0 saturated carbocycles. The highest BCUT2D eigenvalue weighted by molar-refractivity contribution is 7.91. The minimum Gasteiger partial charge on any atom is -0.465 e. The predicted octanol–water partition coefficient (Wildman–Crippen LogP) is -0.476. The molecule has 1 N–H and O–H groups in total. The van der Waals surface area contributed by atoms with Crippen LogP contribution in [-0.4, -0.2) is 56.3 Å². The molecule has 20 heavy (non-hydrogen) atoms. The van der Waals surface area contributed by atoms with Gasteiger partial charge in [-0.3, -0.25) is 9.59 Å². The van der Waals surface area contributed by atoms with Crippen LogP contribution in [0.2, 0.25) is 0 Å². The number of hydrogen-bond donors (Lipinski definition) is 1. The Kier molecular flexibility index (Phi) is 5.15. The Bertz CT molecular complexity index is 464. The van der Waals surface area contributed by atoms with Crippen molar-refractivity contribution < 1.29 is 32.6 Å². The number of hydrogen-bond acceptors (Lipinski definition) is 7. The van der Waals surface area contributed by atoms with Gasteiger partial charge < -0.3 is 14.6 Å². The highest BCUT2D eigenvalue weighted by Crippen LogP contribution is 2.38. The lowest BCUT2D eigenvalue weighted by Gasteiger charge is -2.31. The van der Waals surface area contributed by atoms with E-state index in [-0.39, 0.29) is 13.2 Å². The van der Waals surface area contributed by atoms with E-state index in [1.165, 1.54) is 6.92 Å². The smallest absolute Gasteiger partial charge is 0.323 e. The summed E-state index contributed by atoms with van der Waals surface area (Å²) in [5.74, 6) is -3.72. The van der Waals surface area contributed by atoms with E-state index >= 15 is 0 Å². The van der Waals surface area contributed by atoms with Gasteiger partial charge in [0.05, 0.1) is 30.8 Å². The van der Waals surface area contributed by atoms with E-state index in [0.29, 0.717) is 0 Å². The molecule has 7 nitrogen and oxygen atoms in total. The van der Waals surface area contributed by atoms with Crippen LogP contribution in [0.25, 0.3) is 0 Å². The van der Waals surface area contributed by atoms with Gasteiger partial charge >= 0.3 is 11.9 Å². The molecular weight excluding hydrogens is 288 g/mol. The van der Waals surface area contributed by atoms with Crippen molar-refractivity contribution in [3.8, 4) is 0 Å². The highest BCUT2D eigenvalue weighted by atomic mass is 32.2. The predicted molar refractivity (Wildman–Crippen MR) is 69.5 cm³/mol. The molecule has 0 spiro atoms. The molecule has 1 aliphatic rings. The third kappa shape index (κ3) is 3.12. The van der Waals surface area contributed by atoms with Crippen molar-refractivity contribution in [2.24, 2.45) is 11.3 Å². The fraction of sp³-hybridized carbons (Fsp3) is 0.833. The average Bonchev–Trinajstić information content (AvgIpc) is 2.62. The first-order valence-corrected chi connectivity index (χ1v) is 8.24. The van der Waals surface area contributed by atoms with Crippen LogP contribution in [0.3, 0.4) is 0 Å². The molecule has 0 aromatic heterocycles. The third-order valence-electron chi connectivity index (χ3n) is 3.46. The number of aliphatic hydroxyl groups excluding tert-OH is 1. The summed E-state index contributed by atoms with van der Waals surface area (Å²) < 4.78 is 32.9. The van der Waals surface area contributed by atoms with E-state index in [4.69, 9.17) is 9.47 Å².